The van der Waals surface area contributed by atoms with Gasteiger partial charge in [0.25, 0.3) is 5.91 Å². The van der Waals surface area contributed by atoms with Crippen molar-refractivity contribution in [1.82, 2.24) is 5.32 Å². The summed E-state index contributed by atoms with van der Waals surface area (Å²) in [6.45, 7) is 0.617. The van der Waals surface area contributed by atoms with Crippen molar-refractivity contribution in [3.63, 3.8) is 0 Å². The van der Waals surface area contributed by atoms with Gasteiger partial charge in [-0.25, -0.2) is 0 Å². The fourth-order valence-corrected chi connectivity index (χ4v) is 3.34. The van der Waals surface area contributed by atoms with E-state index in [1.54, 1.807) is 31.4 Å². The number of methoxy groups -OCH3 is 1. The van der Waals surface area contributed by atoms with Crippen molar-refractivity contribution in [3.8, 4) is 17.6 Å². The Bertz CT molecular complexity index is 1150. The smallest absolute Gasteiger partial charge is 0.262 e. The first-order valence-corrected chi connectivity index (χ1v) is 10.9. The number of amides is 1. The molecule has 0 aliphatic carbocycles. The molecule has 0 heterocycles. The summed E-state index contributed by atoms with van der Waals surface area (Å²) in [7, 11) is 1.59. The molecule has 3 aromatic rings. The molecule has 0 aliphatic heterocycles. The molecule has 0 unspecified atom stereocenters. The molecule has 32 heavy (non-hydrogen) atoms. The molecule has 162 valence electrons. The number of carbonyl (C=O) groups excluding carboxylic acids is 1. The number of benzene rings is 3. The first-order chi connectivity index (χ1) is 15.5. The van der Waals surface area contributed by atoms with Crippen molar-refractivity contribution in [2.75, 3.05) is 7.11 Å². The van der Waals surface area contributed by atoms with Gasteiger partial charge in [0.1, 0.15) is 29.7 Å². The maximum absolute atomic E-state index is 12.6. The van der Waals surface area contributed by atoms with Gasteiger partial charge in [0.15, 0.2) is 0 Å². The standard InChI is InChI=1S/C25H20BrClN2O3/c1-31-23-9-4-17(5-10-23)15-29-25(30)20(14-28)12-19-13-21(26)6-11-24(19)32-16-18-2-7-22(27)8-3-18/h2-13H,15-16H2,1H3,(H,29,30)/b20-12-. The minimum atomic E-state index is -0.466. The lowest BCUT2D eigenvalue weighted by molar-refractivity contribution is -0.117. The topological polar surface area (TPSA) is 71.3 Å². The Balaban J connectivity index is 1.73. The Kier molecular flexibility index (Phi) is 8.32. The van der Waals surface area contributed by atoms with Gasteiger partial charge in [-0.15, -0.1) is 0 Å². The van der Waals surface area contributed by atoms with Gasteiger partial charge in [-0.2, -0.15) is 5.26 Å². The van der Waals surface area contributed by atoms with Gasteiger partial charge in [-0.05, 0) is 59.7 Å². The number of nitrogens with one attached hydrogen (secondary N) is 1. The third kappa shape index (κ3) is 6.61. The zero-order valence-electron chi connectivity index (χ0n) is 17.3. The molecule has 0 bridgehead atoms. The summed E-state index contributed by atoms with van der Waals surface area (Å²) in [5.74, 6) is 0.823. The summed E-state index contributed by atoms with van der Waals surface area (Å²) < 4.78 is 11.9. The molecule has 0 saturated heterocycles. The summed E-state index contributed by atoms with van der Waals surface area (Å²) in [6.07, 6.45) is 1.52. The van der Waals surface area contributed by atoms with E-state index in [1.807, 2.05) is 48.5 Å². The predicted molar refractivity (Wildman–Crippen MR) is 128 cm³/mol. The molecule has 0 saturated carbocycles. The van der Waals surface area contributed by atoms with Crippen LogP contribution in [0.25, 0.3) is 6.08 Å². The second-order valence-corrected chi connectivity index (χ2v) is 8.15. The average molecular weight is 512 g/mol. The Hall–Kier alpha value is -3.27. The number of carbonyl (C=O) groups is 1. The maximum Gasteiger partial charge on any atom is 0.262 e. The Morgan fingerprint density at radius 3 is 2.44 bits per heavy atom. The van der Waals surface area contributed by atoms with Gasteiger partial charge in [0.2, 0.25) is 0 Å². The van der Waals surface area contributed by atoms with Crippen molar-refractivity contribution >= 4 is 39.5 Å². The first kappa shape index (κ1) is 23.4. The number of halogens is 2. The van der Waals surface area contributed by atoms with Crippen LogP contribution in [0.5, 0.6) is 11.5 Å². The van der Waals surface area contributed by atoms with E-state index in [1.165, 1.54) is 6.08 Å². The maximum atomic E-state index is 12.6. The molecular weight excluding hydrogens is 492 g/mol. The van der Waals surface area contributed by atoms with Gasteiger partial charge in [-0.3, -0.25) is 4.79 Å². The molecule has 1 N–H and O–H groups in total. The second kappa shape index (κ2) is 11.4. The summed E-state index contributed by atoms with van der Waals surface area (Å²) >= 11 is 9.35. The summed E-state index contributed by atoms with van der Waals surface area (Å²) in [6, 6.07) is 22.1. The van der Waals surface area contributed by atoms with Crippen LogP contribution in [-0.2, 0) is 17.9 Å². The van der Waals surface area contributed by atoms with Crippen LogP contribution in [0, 0.1) is 11.3 Å². The van der Waals surface area contributed by atoms with Gasteiger partial charge in [0.05, 0.1) is 7.11 Å². The highest BCUT2D eigenvalue weighted by atomic mass is 79.9. The molecular formula is C25H20BrClN2O3. The van der Waals surface area contributed by atoms with Crippen molar-refractivity contribution in [3.05, 3.63) is 98.5 Å². The molecule has 7 heteroatoms. The zero-order valence-corrected chi connectivity index (χ0v) is 19.6. The molecule has 0 fully saturated rings. The first-order valence-electron chi connectivity index (χ1n) is 9.68. The third-order valence-electron chi connectivity index (χ3n) is 4.56. The van der Waals surface area contributed by atoms with E-state index in [4.69, 9.17) is 21.1 Å². The number of rotatable bonds is 8. The number of nitriles is 1. The number of hydrogen-bond acceptors (Lipinski definition) is 4. The lowest BCUT2D eigenvalue weighted by Gasteiger charge is -2.11. The van der Waals surface area contributed by atoms with Crippen molar-refractivity contribution < 1.29 is 14.3 Å². The SMILES string of the molecule is COc1ccc(CNC(=O)/C(C#N)=C\c2cc(Br)ccc2OCc2ccc(Cl)cc2)cc1. The molecule has 0 spiro atoms. The van der Waals surface area contributed by atoms with E-state index in [0.29, 0.717) is 29.5 Å². The highest BCUT2D eigenvalue weighted by Crippen LogP contribution is 2.27. The number of nitrogens with zero attached hydrogens (tertiary/aromatic N) is 1. The van der Waals surface area contributed by atoms with Crippen LogP contribution < -0.4 is 14.8 Å². The Morgan fingerprint density at radius 2 is 1.78 bits per heavy atom. The Morgan fingerprint density at radius 1 is 1.09 bits per heavy atom. The molecule has 3 rings (SSSR count). The number of ether oxygens (including phenoxy) is 2. The van der Waals surface area contributed by atoms with Crippen LogP contribution in [0.4, 0.5) is 0 Å². The lowest BCUT2D eigenvalue weighted by atomic mass is 10.1. The van der Waals surface area contributed by atoms with Crippen LogP contribution in [0.3, 0.4) is 0 Å². The normalized spacial score (nSPS) is 10.9. The number of hydrogen-bond donors (Lipinski definition) is 1. The summed E-state index contributed by atoms with van der Waals surface area (Å²) in [5.41, 5.74) is 2.44. The molecule has 3 aromatic carbocycles. The molecule has 1 amide bonds. The van der Waals surface area contributed by atoms with E-state index in [9.17, 15) is 10.1 Å². The van der Waals surface area contributed by atoms with Crippen LogP contribution in [0.15, 0.2) is 76.8 Å². The highest BCUT2D eigenvalue weighted by Gasteiger charge is 2.12. The van der Waals surface area contributed by atoms with Crippen LogP contribution in [-0.4, -0.2) is 13.0 Å². The van der Waals surface area contributed by atoms with Gasteiger partial charge in [-0.1, -0.05) is 51.8 Å². The molecule has 0 radical (unpaired) electrons. The Labute approximate surface area is 200 Å². The van der Waals surface area contributed by atoms with E-state index < -0.39 is 5.91 Å². The van der Waals surface area contributed by atoms with Crippen molar-refractivity contribution in [1.29, 1.82) is 5.26 Å². The van der Waals surface area contributed by atoms with E-state index in [0.717, 1.165) is 21.3 Å². The largest absolute Gasteiger partial charge is 0.497 e. The lowest BCUT2D eigenvalue weighted by Crippen LogP contribution is -2.23. The van der Waals surface area contributed by atoms with Crippen molar-refractivity contribution in [2.45, 2.75) is 13.2 Å². The van der Waals surface area contributed by atoms with Gasteiger partial charge in [0, 0.05) is 21.6 Å². The van der Waals surface area contributed by atoms with Crippen molar-refractivity contribution in [2.24, 2.45) is 0 Å². The fraction of sp³-hybridized carbons (Fsp3) is 0.120. The quantitative estimate of drug-likeness (QED) is 0.301. The second-order valence-electron chi connectivity index (χ2n) is 6.80. The minimum absolute atomic E-state index is 0.0204. The fourth-order valence-electron chi connectivity index (χ4n) is 2.83. The van der Waals surface area contributed by atoms with Gasteiger partial charge < -0.3 is 14.8 Å². The van der Waals surface area contributed by atoms with E-state index in [2.05, 4.69) is 21.2 Å². The van der Waals surface area contributed by atoms with Crippen LogP contribution in [0.1, 0.15) is 16.7 Å². The highest BCUT2D eigenvalue weighted by molar-refractivity contribution is 9.10. The minimum Gasteiger partial charge on any atom is -0.497 e. The van der Waals surface area contributed by atoms with Crippen LogP contribution >= 0.6 is 27.5 Å². The van der Waals surface area contributed by atoms with Gasteiger partial charge >= 0.3 is 0 Å². The van der Waals surface area contributed by atoms with E-state index in [-0.39, 0.29) is 5.57 Å². The summed E-state index contributed by atoms with van der Waals surface area (Å²) in [4.78, 5) is 12.6. The molecule has 0 aliphatic rings. The third-order valence-corrected chi connectivity index (χ3v) is 5.30. The van der Waals surface area contributed by atoms with Crippen LogP contribution in [0.2, 0.25) is 5.02 Å². The molecule has 0 atom stereocenters. The zero-order chi connectivity index (χ0) is 22.9. The summed E-state index contributed by atoms with van der Waals surface area (Å²) in [5, 5.41) is 13.0. The molecule has 0 aromatic heterocycles. The predicted octanol–water partition coefficient (Wildman–Crippen LogP) is 5.91. The van der Waals surface area contributed by atoms with E-state index >= 15 is 0 Å². The average Bonchev–Trinajstić information content (AvgIpc) is 2.81. The monoisotopic (exact) mass is 510 g/mol. The molecule has 5 nitrogen and oxygen atoms in total.